The van der Waals surface area contributed by atoms with Crippen LogP contribution in [-0.2, 0) is 17.7 Å². The first-order valence-electron chi connectivity index (χ1n) is 12.4. The zero-order valence-corrected chi connectivity index (χ0v) is 19.1. The third-order valence-corrected chi connectivity index (χ3v) is 7.84. The minimum atomic E-state index is 0.239. The molecule has 0 saturated carbocycles. The summed E-state index contributed by atoms with van der Waals surface area (Å²) >= 11 is 0. The zero-order chi connectivity index (χ0) is 22.2. The maximum absolute atomic E-state index is 13.8. The smallest absolute Gasteiger partial charge is 0.254 e. The molecule has 172 valence electrons. The summed E-state index contributed by atoms with van der Waals surface area (Å²) in [6, 6.07) is 15.4. The summed E-state index contributed by atoms with van der Waals surface area (Å²) in [5.41, 5.74) is 4.62. The third-order valence-electron chi connectivity index (χ3n) is 7.84. The van der Waals surface area contributed by atoms with Crippen LogP contribution in [0, 0.1) is 5.92 Å². The van der Waals surface area contributed by atoms with Gasteiger partial charge >= 0.3 is 0 Å². The number of ether oxygens (including phenoxy) is 1. The van der Waals surface area contributed by atoms with E-state index in [1.807, 2.05) is 29.0 Å². The summed E-state index contributed by atoms with van der Waals surface area (Å²) in [6.07, 6.45) is 9.42. The Hall–Kier alpha value is -2.70. The number of nitrogens with zero attached hydrogens (tertiary/aromatic N) is 4. The van der Waals surface area contributed by atoms with Crippen molar-refractivity contribution in [3.8, 4) is 0 Å². The van der Waals surface area contributed by atoms with Crippen LogP contribution in [0.25, 0.3) is 5.52 Å². The van der Waals surface area contributed by atoms with E-state index in [2.05, 4.69) is 45.2 Å². The van der Waals surface area contributed by atoms with Gasteiger partial charge in [-0.15, -0.1) is 0 Å². The van der Waals surface area contributed by atoms with Crippen LogP contribution in [0.3, 0.4) is 0 Å². The predicted molar refractivity (Wildman–Crippen MR) is 127 cm³/mol. The second-order valence-corrected chi connectivity index (χ2v) is 9.88. The van der Waals surface area contributed by atoms with Gasteiger partial charge in [-0.05, 0) is 67.3 Å². The number of carbonyl (C=O) groups excluding carboxylic acids is 1. The van der Waals surface area contributed by atoms with E-state index in [9.17, 15) is 4.79 Å². The van der Waals surface area contributed by atoms with Gasteiger partial charge < -0.3 is 9.64 Å². The molecule has 3 aliphatic rings. The van der Waals surface area contributed by atoms with Crippen LogP contribution in [-0.4, -0.2) is 63.7 Å². The molecule has 0 N–H and O–H groups in total. The number of hydrogen-bond acceptors (Lipinski definition) is 4. The van der Waals surface area contributed by atoms with Crippen LogP contribution in [0.15, 0.2) is 54.9 Å². The molecule has 1 aromatic carbocycles. The van der Waals surface area contributed by atoms with E-state index in [-0.39, 0.29) is 5.91 Å². The lowest BCUT2D eigenvalue weighted by Gasteiger charge is -2.39. The highest BCUT2D eigenvalue weighted by atomic mass is 16.5. The molecule has 2 bridgehead atoms. The number of morpholine rings is 1. The number of carbonyl (C=O) groups is 1. The molecule has 2 atom stereocenters. The number of aromatic nitrogens is 2. The summed E-state index contributed by atoms with van der Waals surface area (Å²) in [7, 11) is 0. The van der Waals surface area contributed by atoms with Crippen LogP contribution in [0.1, 0.15) is 47.2 Å². The summed E-state index contributed by atoms with van der Waals surface area (Å²) in [5.74, 6) is 0.860. The van der Waals surface area contributed by atoms with Crippen molar-refractivity contribution < 1.29 is 9.53 Å². The molecule has 0 spiro atoms. The molecule has 1 amide bonds. The highest BCUT2D eigenvalue weighted by molar-refractivity contribution is 5.96. The van der Waals surface area contributed by atoms with Crippen molar-refractivity contribution in [2.24, 2.45) is 5.92 Å². The maximum atomic E-state index is 13.8. The Balaban J connectivity index is 1.18. The standard InChI is InChI=1S/C27H32N4O2/c32-27(25-6-2-1-4-22(25)19-29-12-14-33-15-13-29)31-23-7-8-24(31)18-20(17-23)16-21-5-3-11-30-26(21)9-10-28-30/h1-6,9-11,20,23-24H,7-8,12-19H2. The lowest BCUT2D eigenvalue weighted by molar-refractivity contribution is 0.0337. The number of amides is 1. The molecule has 0 aliphatic carbocycles. The largest absolute Gasteiger partial charge is 0.379 e. The van der Waals surface area contributed by atoms with Crippen LogP contribution < -0.4 is 0 Å². The van der Waals surface area contributed by atoms with Gasteiger partial charge in [-0.1, -0.05) is 24.3 Å². The van der Waals surface area contributed by atoms with Crippen LogP contribution in [0.5, 0.6) is 0 Å². The van der Waals surface area contributed by atoms with Crippen LogP contribution in [0.2, 0.25) is 0 Å². The second-order valence-electron chi connectivity index (χ2n) is 9.88. The van der Waals surface area contributed by atoms with E-state index in [4.69, 9.17) is 4.74 Å². The van der Waals surface area contributed by atoms with Gasteiger partial charge in [0.25, 0.3) is 5.91 Å². The summed E-state index contributed by atoms with van der Waals surface area (Å²) in [5, 5.41) is 4.39. The molecule has 2 unspecified atom stereocenters. The number of piperidine rings is 1. The molecule has 33 heavy (non-hydrogen) atoms. The minimum absolute atomic E-state index is 0.239. The molecule has 3 saturated heterocycles. The Bertz CT molecular complexity index is 1120. The molecule has 6 heteroatoms. The van der Waals surface area contributed by atoms with Crippen molar-refractivity contribution in [1.82, 2.24) is 19.4 Å². The van der Waals surface area contributed by atoms with E-state index in [0.717, 1.165) is 76.1 Å². The fourth-order valence-corrected chi connectivity index (χ4v) is 6.29. The third kappa shape index (κ3) is 4.06. The number of pyridine rings is 1. The fraction of sp³-hybridized carbons (Fsp3) is 0.481. The fourth-order valence-electron chi connectivity index (χ4n) is 6.29. The molecular formula is C27H32N4O2. The van der Waals surface area contributed by atoms with Gasteiger partial charge in [0, 0.05) is 49.7 Å². The van der Waals surface area contributed by atoms with E-state index in [1.165, 1.54) is 11.1 Å². The first kappa shape index (κ1) is 20.9. The normalized spacial score (nSPS) is 25.6. The van der Waals surface area contributed by atoms with Crippen molar-refractivity contribution in [3.05, 3.63) is 71.5 Å². The lowest BCUT2D eigenvalue weighted by Crippen LogP contribution is -2.47. The van der Waals surface area contributed by atoms with Gasteiger partial charge in [0.05, 0.1) is 18.7 Å². The quantitative estimate of drug-likeness (QED) is 0.601. The average Bonchev–Trinajstić information content (AvgIpc) is 3.43. The summed E-state index contributed by atoms with van der Waals surface area (Å²) in [6.45, 7) is 4.25. The highest BCUT2D eigenvalue weighted by Crippen LogP contribution is 2.41. The predicted octanol–water partition coefficient (Wildman–Crippen LogP) is 3.79. The molecule has 0 radical (unpaired) electrons. The second kappa shape index (κ2) is 8.92. The van der Waals surface area contributed by atoms with Gasteiger partial charge in [-0.25, -0.2) is 4.52 Å². The van der Waals surface area contributed by atoms with Crippen molar-refractivity contribution in [2.75, 3.05) is 26.3 Å². The first-order chi connectivity index (χ1) is 16.3. The van der Waals surface area contributed by atoms with E-state index in [1.54, 1.807) is 0 Å². The molecule has 6 rings (SSSR count). The van der Waals surface area contributed by atoms with Gasteiger partial charge in [0.2, 0.25) is 0 Å². The summed E-state index contributed by atoms with van der Waals surface area (Å²) < 4.78 is 7.46. The van der Waals surface area contributed by atoms with E-state index in [0.29, 0.717) is 18.0 Å². The topological polar surface area (TPSA) is 50.1 Å². The SMILES string of the molecule is O=C(c1ccccc1CN1CCOCC1)N1C2CCC1CC(Cc1cccn3nccc13)C2. The Morgan fingerprint density at radius 1 is 0.970 bits per heavy atom. The number of fused-ring (bicyclic) bond motifs is 3. The lowest BCUT2D eigenvalue weighted by atomic mass is 9.85. The molecule has 3 aromatic rings. The Morgan fingerprint density at radius 3 is 2.55 bits per heavy atom. The monoisotopic (exact) mass is 444 g/mol. The number of benzene rings is 1. The first-order valence-corrected chi connectivity index (χ1v) is 12.4. The van der Waals surface area contributed by atoms with E-state index < -0.39 is 0 Å². The van der Waals surface area contributed by atoms with Crippen LogP contribution in [0.4, 0.5) is 0 Å². The molecular weight excluding hydrogens is 412 g/mol. The number of hydrogen-bond donors (Lipinski definition) is 0. The Morgan fingerprint density at radius 2 is 1.73 bits per heavy atom. The molecule has 3 fully saturated rings. The van der Waals surface area contributed by atoms with Crippen molar-refractivity contribution in [3.63, 3.8) is 0 Å². The molecule has 3 aliphatic heterocycles. The van der Waals surface area contributed by atoms with Crippen molar-refractivity contribution in [2.45, 2.75) is 50.7 Å². The minimum Gasteiger partial charge on any atom is -0.379 e. The van der Waals surface area contributed by atoms with Gasteiger partial charge in [-0.3, -0.25) is 9.69 Å². The molecule has 5 heterocycles. The summed E-state index contributed by atoms with van der Waals surface area (Å²) in [4.78, 5) is 18.4. The van der Waals surface area contributed by atoms with Gasteiger partial charge in [0.1, 0.15) is 0 Å². The van der Waals surface area contributed by atoms with Crippen molar-refractivity contribution in [1.29, 1.82) is 0 Å². The molecule has 2 aromatic heterocycles. The highest BCUT2D eigenvalue weighted by Gasteiger charge is 2.43. The maximum Gasteiger partial charge on any atom is 0.254 e. The van der Waals surface area contributed by atoms with Gasteiger partial charge in [0.15, 0.2) is 0 Å². The number of rotatable bonds is 5. The Kier molecular flexibility index (Phi) is 5.64. The molecule has 6 nitrogen and oxygen atoms in total. The van der Waals surface area contributed by atoms with Gasteiger partial charge in [-0.2, -0.15) is 5.10 Å². The van der Waals surface area contributed by atoms with Crippen LogP contribution >= 0.6 is 0 Å². The zero-order valence-electron chi connectivity index (χ0n) is 19.1. The van der Waals surface area contributed by atoms with Crippen molar-refractivity contribution >= 4 is 11.4 Å². The Labute approximate surface area is 195 Å². The van der Waals surface area contributed by atoms with E-state index >= 15 is 0 Å². The average molecular weight is 445 g/mol.